The molecule has 0 aliphatic carbocycles. The lowest BCUT2D eigenvalue weighted by molar-refractivity contribution is -0.120. The molecule has 0 aliphatic heterocycles. The minimum atomic E-state index is -0.00331. The van der Waals surface area contributed by atoms with Crippen LogP contribution in [0, 0.1) is 11.8 Å². The topological polar surface area (TPSA) is 29.1 Å². The first-order valence-electron chi connectivity index (χ1n) is 8.01. The molecule has 0 radical (unpaired) electrons. The van der Waals surface area contributed by atoms with Crippen LogP contribution in [0.3, 0.4) is 0 Å². The van der Waals surface area contributed by atoms with Crippen molar-refractivity contribution in [3.8, 4) is 0 Å². The second-order valence-corrected chi connectivity index (χ2v) is 6.06. The van der Waals surface area contributed by atoms with E-state index in [9.17, 15) is 4.79 Å². The van der Waals surface area contributed by atoms with E-state index in [2.05, 4.69) is 58.3 Å². The SMILES string of the molecule is C=C/C=C\CCC(=O)NC(=C)/C(=C\C=C/CC(C)C)C(C)C. The van der Waals surface area contributed by atoms with Gasteiger partial charge in [0.2, 0.25) is 5.91 Å². The summed E-state index contributed by atoms with van der Waals surface area (Å²) in [4.78, 5) is 11.9. The van der Waals surface area contributed by atoms with E-state index in [1.807, 2.05) is 18.2 Å². The minimum Gasteiger partial charge on any atom is -0.326 e. The molecule has 0 aromatic heterocycles. The standard InChI is InChI=1S/C20H31NO/c1-7-8-9-10-15-20(22)21-18(6)19(17(4)5)14-12-11-13-16(2)3/h7-9,11-12,14,16-17H,1,6,10,13,15H2,2-5H3,(H,21,22)/b9-8-,12-11-,19-14-. The van der Waals surface area contributed by atoms with Gasteiger partial charge in [0.15, 0.2) is 0 Å². The summed E-state index contributed by atoms with van der Waals surface area (Å²) in [5.41, 5.74) is 1.76. The molecule has 0 unspecified atom stereocenters. The second-order valence-electron chi connectivity index (χ2n) is 6.06. The molecule has 0 aromatic carbocycles. The molecule has 0 spiro atoms. The van der Waals surface area contributed by atoms with E-state index in [0.717, 1.165) is 12.0 Å². The third-order valence-electron chi connectivity index (χ3n) is 3.09. The van der Waals surface area contributed by atoms with Gasteiger partial charge in [-0.1, -0.05) is 77.3 Å². The molecule has 0 rings (SSSR count). The van der Waals surface area contributed by atoms with Crippen molar-refractivity contribution in [3.63, 3.8) is 0 Å². The van der Waals surface area contributed by atoms with E-state index in [0.29, 0.717) is 30.4 Å². The highest BCUT2D eigenvalue weighted by Gasteiger charge is 2.09. The van der Waals surface area contributed by atoms with Crippen LogP contribution in [0.1, 0.15) is 47.0 Å². The third-order valence-corrected chi connectivity index (χ3v) is 3.09. The third kappa shape index (κ3) is 9.98. The first kappa shape index (κ1) is 20.2. The number of allylic oxidation sites excluding steroid dienone is 7. The zero-order chi connectivity index (χ0) is 17.0. The van der Waals surface area contributed by atoms with Crippen LogP contribution in [0.15, 0.2) is 60.9 Å². The zero-order valence-corrected chi connectivity index (χ0v) is 14.6. The van der Waals surface area contributed by atoms with Crippen LogP contribution in [0.25, 0.3) is 0 Å². The number of carbonyl (C=O) groups is 1. The van der Waals surface area contributed by atoms with Crippen LogP contribution >= 0.6 is 0 Å². The molecule has 1 N–H and O–H groups in total. The van der Waals surface area contributed by atoms with Crippen molar-refractivity contribution >= 4 is 5.91 Å². The average molecular weight is 301 g/mol. The number of amides is 1. The van der Waals surface area contributed by atoms with Crippen LogP contribution in [0.2, 0.25) is 0 Å². The maximum Gasteiger partial charge on any atom is 0.224 e. The summed E-state index contributed by atoms with van der Waals surface area (Å²) in [6.45, 7) is 16.2. The lowest BCUT2D eigenvalue weighted by Gasteiger charge is -2.15. The Morgan fingerprint density at radius 2 is 1.82 bits per heavy atom. The number of hydrogen-bond donors (Lipinski definition) is 1. The maximum atomic E-state index is 11.9. The van der Waals surface area contributed by atoms with Gasteiger partial charge in [0, 0.05) is 12.1 Å². The van der Waals surface area contributed by atoms with Gasteiger partial charge in [-0.3, -0.25) is 4.79 Å². The maximum absolute atomic E-state index is 11.9. The van der Waals surface area contributed by atoms with E-state index in [1.165, 1.54) is 0 Å². The Kier molecular flexibility index (Phi) is 10.8. The van der Waals surface area contributed by atoms with E-state index in [4.69, 9.17) is 0 Å². The Labute approximate surface area is 136 Å². The summed E-state index contributed by atoms with van der Waals surface area (Å²) in [6.07, 6.45) is 14.0. The molecule has 0 atom stereocenters. The van der Waals surface area contributed by atoms with Gasteiger partial charge in [-0.15, -0.1) is 0 Å². The van der Waals surface area contributed by atoms with Crippen molar-refractivity contribution in [1.29, 1.82) is 0 Å². The monoisotopic (exact) mass is 301 g/mol. The van der Waals surface area contributed by atoms with Crippen molar-refractivity contribution in [2.45, 2.75) is 47.0 Å². The summed E-state index contributed by atoms with van der Waals surface area (Å²) < 4.78 is 0. The molecule has 2 nitrogen and oxygen atoms in total. The van der Waals surface area contributed by atoms with Crippen molar-refractivity contribution in [2.24, 2.45) is 11.8 Å². The molecule has 0 aromatic rings. The first-order chi connectivity index (χ1) is 10.4. The summed E-state index contributed by atoms with van der Waals surface area (Å²) in [5.74, 6) is 0.965. The summed E-state index contributed by atoms with van der Waals surface area (Å²) in [5, 5.41) is 2.89. The summed E-state index contributed by atoms with van der Waals surface area (Å²) in [7, 11) is 0. The van der Waals surface area contributed by atoms with E-state index < -0.39 is 0 Å². The Morgan fingerprint density at radius 1 is 1.14 bits per heavy atom. The normalized spacial score (nSPS) is 12.5. The molecule has 2 heteroatoms. The Hall–Kier alpha value is -1.83. The summed E-state index contributed by atoms with van der Waals surface area (Å²) >= 11 is 0. The number of rotatable bonds is 10. The van der Waals surface area contributed by atoms with Gasteiger partial charge in [-0.25, -0.2) is 0 Å². The fraction of sp³-hybridized carbons (Fsp3) is 0.450. The van der Waals surface area contributed by atoms with Crippen molar-refractivity contribution < 1.29 is 4.79 Å². The predicted octanol–water partition coefficient (Wildman–Crippen LogP) is 5.32. The Bertz CT molecular complexity index is 450. The number of nitrogens with one attached hydrogen (secondary N) is 1. The molecule has 0 heterocycles. The van der Waals surface area contributed by atoms with Gasteiger partial charge in [-0.05, 0) is 30.3 Å². The molecule has 0 aliphatic rings. The lowest BCUT2D eigenvalue weighted by Crippen LogP contribution is -2.23. The molecule has 0 fully saturated rings. The van der Waals surface area contributed by atoms with Crippen LogP contribution in [0.5, 0.6) is 0 Å². The van der Waals surface area contributed by atoms with Gasteiger partial charge < -0.3 is 5.32 Å². The fourth-order valence-electron chi connectivity index (χ4n) is 1.87. The molecular weight excluding hydrogens is 270 g/mol. The van der Waals surface area contributed by atoms with E-state index in [1.54, 1.807) is 6.08 Å². The molecular formula is C20H31NO. The number of carbonyl (C=O) groups excluding carboxylic acids is 1. The van der Waals surface area contributed by atoms with E-state index >= 15 is 0 Å². The molecule has 0 saturated carbocycles. The smallest absolute Gasteiger partial charge is 0.224 e. The highest BCUT2D eigenvalue weighted by molar-refractivity contribution is 5.78. The fourth-order valence-corrected chi connectivity index (χ4v) is 1.87. The largest absolute Gasteiger partial charge is 0.326 e. The minimum absolute atomic E-state index is 0.00331. The molecule has 122 valence electrons. The molecule has 22 heavy (non-hydrogen) atoms. The van der Waals surface area contributed by atoms with Crippen molar-refractivity contribution in [2.75, 3.05) is 0 Å². The van der Waals surface area contributed by atoms with Gasteiger partial charge in [0.1, 0.15) is 0 Å². The van der Waals surface area contributed by atoms with Crippen LogP contribution in [-0.2, 0) is 4.79 Å². The zero-order valence-electron chi connectivity index (χ0n) is 14.6. The molecule has 1 amide bonds. The second kappa shape index (κ2) is 11.8. The van der Waals surface area contributed by atoms with Crippen molar-refractivity contribution in [1.82, 2.24) is 5.32 Å². The molecule has 0 bridgehead atoms. The van der Waals surface area contributed by atoms with Gasteiger partial charge in [0.05, 0.1) is 0 Å². The number of hydrogen-bond acceptors (Lipinski definition) is 1. The summed E-state index contributed by atoms with van der Waals surface area (Å²) in [6, 6.07) is 0. The Morgan fingerprint density at radius 3 is 2.36 bits per heavy atom. The predicted molar refractivity (Wildman–Crippen MR) is 97.4 cm³/mol. The first-order valence-corrected chi connectivity index (χ1v) is 8.01. The average Bonchev–Trinajstić information content (AvgIpc) is 2.42. The Balaban J connectivity index is 4.56. The van der Waals surface area contributed by atoms with Gasteiger partial charge in [-0.2, -0.15) is 0 Å². The molecule has 0 saturated heterocycles. The van der Waals surface area contributed by atoms with Crippen LogP contribution < -0.4 is 5.32 Å². The highest BCUT2D eigenvalue weighted by atomic mass is 16.1. The van der Waals surface area contributed by atoms with Crippen LogP contribution in [-0.4, -0.2) is 5.91 Å². The highest BCUT2D eigenvalue weighted by Crippen LogP contribution is 2.17. The quantitative estimate of drug-likeness (QED) is 0.543. The van der Waals surface area contributed by atoms with Crippen LogP contribution in [0.4, 0.5) is 0 Å². The van der Waals surface area contributed by atoms with Gasteiger partial charge in [0.25, 0.3) is 0 Å². The van der Waals surface area contributed by atoms with Crippen molar-refractivity contribution in [3.05, 3.63) is 60.9 Å². The van der Waals surface area contributed by atoms with Gasteiger partial charge >= 0.3 is 0 Å². The lowest BCUT2D eigenvalue weighted by atomic mass is 9.99. The van der Waals surface area contributed by atoms with E-state index in [-0.39, 0.29) is 5.91 Å².